The van der Waals surface area contributed by atoms with Crippen LogP contribution in [0.2, 0.25) is 0 Å². The Morgan fingerprint density at radius 3 is 2.22 bits per heavy atom. The quantitative estimate of drug-likeness (QED) is 0.587. The average molecular weight is 167 g/mol. The summed E-state index contributed by atoms with van der Waals surface area (Å²) < 4.78 is 4.86. The van der Waals surface area contributed by atoms with E-state index in [1.54, 1.807) is 0 Å². The Bertz CT molecular complexity index is 118. The fourth-order valence-corrected chi connectivity index (χ4v) is 1.04. The van der Waals surface area contributed by atoms with Gasteiger partial charge >= 0.3 is 0 Å². The third-order valence-electron chi connectivity index (χ3n) is 0.642. The van der Waals surface area contributed by atoms with Crippen molar-refractivity contribution in [1.29, 1.82) is 0 Å². The summed E-state index contributed by atoms with van der Waals surface area (Å²) in [6.07, 6.45) is 0. The van der Waals surface area contributed by atoms with Crippen LogP contribution in [0.5, 0.6) is 0 Å². The van der Waals surface area contributed by atoms with Crippen LogP contribution in [0.3, 0.4) is 0 Å². The highest BCUT2D eigenvalue weighted by molar-refractivity contribution is 8.08. The summed E-state index contributed by atoms with van der Waals surface area (Å²) in [5.74, 6) is 0.404. The number of rotatable bonds is 3. The van der Waals surface area contributed by atoms with Gasteiger partial charge in [0, 0.05) is 0 Å². The Kier molecular flexibility index (Phi) is 3.90. The van der Waals surface area contributed by atoms with Gasteiger partial charge in [-0.15, -0.1) is 0 Å². The lowest BCUT2D eigenvalue weighted by Gasteiger charge is -2.23. The first-order chi connectivity index (χ1) is 3.92. The predicted molar refractivity (Wildman–Crippen MR) is 41.0 cm³/mol. The molecule has 0 aromatic heterocycles. The Morgan fingerprint density at radius 1 is 1.67 bits per heavy atom. The largest absolute Gasteiger partial charge is 0.801 e. The summed E-state index contributed by atoms with van der Waals surface area (Å²) in [5.41, 5.74) is 0. The second-order valence-electron chi connectivity index (χ2n) is 2.46. The third-order valence-corrected chi connectivity index (χ3v) is 1.58. The summed E-state index contributed by atoms with van der Waals surface area (Å²) in [6.45, 7) is 3.29. The van der Waals surface area contributed by atoms with E-state index in [4.69, 9.17) is 4.52 Å². The molecule has 0 heterocycles. The minimum Gasteiger partial charge on any atom is -0.801 e. The average Bonchev–Trinajstić information content (AvgIpc) is 1.59. The molecule has 1 atom stereocenters. The van der Waals surface area contributed by atoms with Crippen LogP contribution in [-0.2, 0) is 16.3 Å². The standard InChI is InChI=1S/C5H13O2PS/c1-5(2)4-7-8(3,6)9/h5H,4H2,1-3H3,(H,6,9)/p-1. The van der Waals surface area contributed by atoms with E-state index in [1.165, 1.54) is 6.66 Å². The maximum Gasteiger partial charge on any atom is 0.0525 e. The van der Waals surface area contributed by atoms with Gasteiger partial charge in [0.1, 0.15) is 0 Å². The molecule has 0 fully saturated rings. The van der Waals surface area contributed by atoms with Crippen molar-refractivity contribution < 1.29 is 9.42 Å². The fourth-order valence-electron chi connectivity index (χ4n) is 0.284. The van der Waals surface area contributed by atoms with Crippen molar-refractivity contribution in [3.8, 4) is 0 Å². The molecule has 0 bridgehead atoms. The first-order valence-electron chi connectivity index (χ1n) is 2.85. The molecule has 0 aromatic carbocycles. The predicted octanol–water partition coefficient (Wildman–Crippen LogP) is 0.959. The first kappa shape index (κ1) is 9.57. The fraction of sp³-hybridized carbons (Fsp3) is 1.00. The van der Waals surface area contributed by atoms with Gasteiger partial charge in [-0.3, -0.25) is 0 Å². The maximum absolute atomic E-state index is 10.7. The van der Waals surface area contributed by atoms with Crippen LogP contribution in [0.4, 0.5) is 0 Å². The third kappa shape index (κ3) is 8.57. The van der Waals surface area contributed by atoms with Crippen molar-refractivity contribution in [3.63, 3.8) is 0 Å². The molecule has 56 valence electrons. The van der Waals surface area contributed by atoms with Crippen LogP contribution in [0.1, 0.15) is 13.8 Å². The van der Waals surface area contributed by atoms with Crippen LogP contribution in [-0.4, -0.2) is 13.3 Å². The molecule has 0 rings (SSSR count). The van der Waals surface area contributed by atoms with E-state index < -0.39 is 6.49 Å². The lowest BCUT2D eigenvalue weighted by atomic mass is 10.2. The molecule has 0 aromatic rings. The van der Waals surface area contributed by atoms with Crippen LogP contribution >= 0.6 is 6.49 Å². The highest BCUT2D eigenvalue weighted by Gasteiger charge is 1.96. The Labute approximate surface area is 61.4 Å². The molecule has 0 aliphatic carbocycles. The van der Waals surface area contributed by atoms with Crippen LogP contribution in [0, 0.1) is 5.92 Å². The van der Waals surface area contributed by atoms with E-state index in [0.717, 1.165) is 0 Å². The van der Waals surface area contributed by atoms with Gasteiger partial charge in [0.05, 0.1) is 6.61 Å². The zero-order valence-corrected chi connectivity index (χ0v) is 7.67. The molecule has 2 nitrogen and oxygen atoms in total. The van der Waals surface area contributed by atoms with Crippen molar-refractivity contribution in [2.24, 2.45) is 5.92 Å². The van der Waals surface area contributed by atoms with Crippen molar-refractivity contribution in [3.05, 3.63) is 0 Å². The van der Waals surface area contributed by atoms with Gasteiger partial charge in [0.2, 0.25) is 0 Å². The van der Waals surface area contributed by atoms with Crippen molar-refractivity contribution in [1.82, 2.24) is 0 Å². The van der Waals surface area contributed by atoms with E-state index in [9.17, 15) is 4.89 Å². The normalized spacial score (nSPS) is 17.9. The SMILES string of the molecule is CC(C)COP(C)([O-])=S. The van der Waals surface area contributed by atoms with E-state index in [-0.39, 0.29) is 0 Å². The zero-order chi connectivity index (χ0) is 7.49. The first-order valence-corrected chi connectivity index (χ1v) is 5.93. The maximum atomic E-state index is 10.7. The molecular weight excluding hydrogens is 155 g/mol. The van der Waals surface area contributed by atoms with Gasteiger partial charge < -0.3 is 9.42 Å². The molecule has 0 saturated carbocycles. The summed E-state index contributed by atoms with van der Waals surface area (Å²) in [4.78, 5) is 10.7. The molecule has 0 amide bonds. The zero-order valence-electron chi connectivity index (χ0n) is 5.96. The molecule has 9 heavy (non-hydrogen) atoms. The van der Waals surface area contributed by atoms with E-state index in [2.05, 4.69) is 11.8 Å². The summed E-state index contributed by atoms with van der Waals surface area (Å²) in [7, 11) is 0. The van der Waals surface area contributed by atoms with Gasteiger partial charge in [0.25, 0.3) is 0 Å². The highest BCUT2D eigenvalue weighted by Crippen LogP contribution is 2.31. The minimum atomic E-state index is -2.64. The van der Waals surface area contributed by atoms with Crippen LogP contribution in [0.25, 0.3) is 0 Å². The molecule has 4 heteroatoms. The van der Waals surface area contributed by atoms with Crippen LogP contribution in [0.15, 0.2) is 0 Å². The second kappa shape index (κ2) is 3.67. The molecule has 0 N–H and O–H groups in total. The lowest BCUT2D eigenvalue weighted by Crippen LogP contribution is -2.06. The Morgan fingerprint density at radius 2 is 2.11 bits per heavy atom. The van der Waals surface area contributed by atoms with Gasteiger partial charge in [-0.05, 0) is 19.1 Å². The summed E-state index contributed by atoms with van der Waals surface area (Å²) in [6, 6.07) is 0. The van der Waals surface area contributed by atoms with Crippen molar-refractivity contribution >= 4 is 18.3 Å². The lowest BCUT2D eigenvalue weighted by molar-refractivity contribution is -0.181. The second-order valence-corrected chi connectivity index (χ2v) is 6.25. The van der Waals surface area contributed by atoms with E-state index in [1.807, 2.05) is 13.8 Å². The smallest absolute Gasteiger partial charge is 0.0525 e. The van der Waals surface area contributed by atoms with Crippen molar-refractivity contribution in [2.45, 2.75) is 13.8 Å². The molecule has 0 spiro atoms. The summed E-state index contributed by atoms with van der Waals surface area (Å²) >= 11 is 4.54. The Hall–Kier alpha value is 0.570. The van der Waals surface area contributed by atoms with Crippen molar-refractivity contribution in [2.75, 3.05) is 13.3 Å². The molecule has 0 aliphatic heterocycles. The Balaban J connectivity index is 3.40. The molecule has 1 unspecified atom stereocenters. The topological polar surface area (TPSA) is 32.3 Å². The van der Waals surface area contributed by atoms with Gasteiger partial charge in [-0.2, -0.15) is 0 Å². The summed E-state index contributed by atoms with van der Waals surface area (Å²) in [5, 5.41) is 0. The number of hydrogen-bond acceptors (Lipinski definition) is 3. The molecular formula is C5H12O2PS-. The highest BCUT2D eigenvalue weighted by atomic mass is 32.5. The monoisotopic (exact) mass is 167 g/mol. The van der Waals surface area contributed by atoms with Gasteiger partial charge in [-0.1, -0.05) is 25.7 Å². The molecule has 0 aliphatic rings. The van der Waals surface area contributed by atoms with E-state index >= 15 is 0 Å². The molecule has 0 saturated heterocycles. The number of hydrogen-bond donors (Lipinski definition) is 0. The van der Waals surface area contributed by atoms with E-state index in [0.29, 0.717) is 12.5 Å². The van der Waals surface area contributed by atoms with Gasteiger partial charge in [-0.25, -0.2) is 0 Å². The minimum absolute atomic E-state index is 0.404. The van der Waals surface area contributed by atoms with Crippen LogP contribution < -0.4 is 4.89 Å². The van der Waals surface area contributed by atoms with Gasteiger partial charge in [0.15, 0.2) is 0 Å². The molecule has 0 radical (unpaired) electrons.